The molecule has 1 nitrogen and oxygen atoms in total. The van der Waals surface area contributed by atoms with Gasteiger partial charge in [0, 0.05) is 0 Å². The van der Waals surface area contributed by atoms with Gasteiger partial charge in [0.25, 0.3) is 0 Å². The summed E-state index contributed by atoms with van der Waals surface area (Å²) in [7, 11) is 0. The van der Waals surface area contributed by atoms with E-state index < -0.39 is 12.4 Å². The van der Waals surface area contributed by atoms with Gasteiger partial charge in [-0.3, -0.25) is 0 Å². The van der Waals surface area contributed by atoms with Gasteiger partial charge in [-0.2, -0.15) is 8.78 Å². The Morgan fingerprint density at radius 2 is 1.60 bits per heavy atom. The number of benzene rings is 2. The number of aryl methyl sites for hydroxylation is 1. The van der Waals surface area contributed by atoms with Crippen molar-refractivity contribution in [2.75, 3.05) is 0 Å². The van der Waals surface area contributed by atoms with E-state index in [0.29, 0.717) is 17.0 Å². The second-order valence-electron chi connectivity index (χ2n) is 7.06. The van der Waals surface area contributed by atoms with Crippen LogP contribution in [0.25, 0.3) is 11.1 Å². The van der Waals surface area contributed by atoms with Gasteiger partial charge in [0.05, 0.1) is 0 Å². The fraction of sp³-hybridized carbons (Fsp3) is 0.429. The monoisotopic (exact) mass is 348 g/mol. The number of rotatable bonds is 4. The molecule has 0 amide bonds. The second-order valence-corrected chi connectivity index (χ2v) is 7.06. The van der Waals surface area contributed by atoms with Crippen LogP contribution in [0.5, 0.6) is 5.75 Å². The molecule has 2 aromatic rings. The molecule has 0 heterocycles. The van der Waals surface area contributed by atoms with Crippen LogP contribution in [0.15, 0.2) is 36.4 Å². The first-order chi connectivity index (χ1) is 11.9. The summed E-state index contributed by atoms with van der Waals surface area (Å²) in [6.45, 7) is 0.843. The third kappa shape index (κ3) is 4.17. The first-order valence-electron chi connectivity index (χ1n) is 8.79. The summed E-state index contributed by atoms with van der Waals surface area (Å²) in [5, 5.41) is 0. The van der Waals surface area contributed by atoms with Gasteiger partial charge in [-0.05, 0) is 66.0 Å². The normalized spacial score (nSPS) is 20.7. The molecule has 134 valence electrons. The summed E-state index contributed by atoms with van der Waals surface area (Å²) < 4.78 is 43.1. The van der Waals surface area contributed by atoms with Crippen molar-refractivity contribution in [2.45, 2.75) is 52.1 Å². The Morgan fingerprint density at radius 1 is 0.960 bits per heavy atom. The molecule has 2 aromatic carbocycles. The zero-order chi connectivity index (χ0) is 18.0. The number of ether oxygens (including phenoxy) is 1. The number of hydrogen-bond acceptors (Lipinski definition) is 1. The molecule has 25 heavy (non-hydrogen) atoms. The zero-order valence-electron chi connectivity index (χ0n) is 14.6. The van der Waals surface area contributed by atoms with Crippen LogP contribution in [0.4, 0.5) is 13.2 Å². The van der Waals surface area contributed by atoms with E-state index in [2.05, 4.69) is 23.8 Å². The molecule has 0 N–H and O–H groups in total. The maximum absolute atomic E-state index is 14.1. The molecule has 0 unspecified atom stereocenters. The summed E-state index contributed by atoms with van der Waals surface area (Å²) in [5.74, 6) is 0.272. The lowest BCUT2D eigenvalue weighted by atomic mass is 9.79. The Balaban J connectivity index is 1.80. The predicted molar refractivity (Wildman–Crippen MR) is 93.6 cm³/mol. The van der Waals surface area contributed by atoms with E-state index in [1.54, 1.807) is 13.0 Å². The van der Waals surface area contributed by atoms with Crippen LogP contribution in [0.3, 0.4) is 0 Å². The Morgan fingerprint density at radius 3 is 2.16 bits per heavy atom. The average Bonchev–Trinajstić information content (AvgIpc) is 2.59. The topological polar surface area (TPSA) is 9.23 Å². The van der Waals surface area contributed by atoms with Crippen molar-refractivity contribution in [1.29, 1.82) is 0 Å². The van der Waals surface area contributed by atoms with Crippen LogP contribution in [0.2, 0.25) is 0 Å². The van der Waals surface area contributed by atoms with Gasteiger partial charge in [0.2, 0.25) is 0 Å². The number of alkyl halides is 2. The molecule has 0 saturated heterocycles. The molecule has 1 aliphatic rings. The lowest BCUT2D eigenvalue weighted by Crippen LogP contribution is -2.10. The van der Waals surface area contributed by atoms with Gasteiger partial charge in [0.1, 0.15) is 0 Å². The number of halogens is 3. The molecule has 4 heteroatoms. The van der Waals surface area contributed by atoms with E-state index in [-0.39, 0.29) is 5.75 Å². The maximum Gasteiger partial charge on any atom is 0.387 e. The lowest BCUT2D eigenvalue weighted by Gasteiger charge is -2.26. The smallest absolute Gasteiger partial charge is 0.387 e. The summed E-state index contributed by atoms with van der Waals surface area (Å²) in [4.78, 5) is 0. The maximum atomic E-state index is 14.1. The standard InChI is InChI=1S/C21H23F3O/c1-13-3-5-15(6-4-13)16-7-9-17(10-8-16)18-11-14(2)20(19(22)12-18)25-21(23)24/h7-13,15,21H,3-6H2,1-2H3. The Kier molecular flexibility index (Phi) is 5.36. The lowest BCUT2D eigenvalue weighted by molar-refractivity contribution is -0.0526. The number of hydrogen-bond donors (Lipinski definition) is 0. The van der Waals surface area contributed by atoms with Crippen LogP contribution < -0.4 is 4.74 Å². The van der Waals surface area contributed by atoms with Crippen molar-refractivity contribution in [3.63, 3.8) is 0 Å². The largest absolute Gasteiger partial charge is 0.431 e. The summed E-state index contributed by atoms with van der Waals surface area (Å²) in [5.41, 5.74) is 3.23. The zero-order valence-corrected chi connectivity index (χ0v) is 14.6. The van der Waals surface area contributed by atoms with Crippen molar-refractivity contribution < 1.29 is 17.9 Å². The molecular formula is C21H23F3O. The first kappa shape index (κ1) is 17.8. The fourth-order valence-electron chi connectivity index (χ4n) is 3.68. The van der Waals surface area contributed by atoms with Crippen LogP contribution in [-0.2, 0) is 0 Å². The minimum Gasteiger partial charge on any atom is -0.431 e. The molecule has 0 radical (unpaired) electrons. The fourth-order valence-corrected chi connectivity index (χ4v) is 3.68. The van der Waals surface area contributed by atoms with E-state index in [0.717, 1.165) is 11.5 Å². The van der Waals surface area contributed by atoms with Gasteiger partial charge in [-0.15, -0.1) is 0 Å². The quantitative estimate of drug-likeness (QED) is 0.597. The highest BCUT2D eigenvalue weighted by molar-refractivity contribution is 5.66. The highest BCUT2D eigenvalue weighted by Gasteiger charge is 2.20. The highest BCUT2D eigenvalue weighted by Crippen LogP contribution is 2.36. The van der Waals surface area contributed by atoms with Gasteiger partial charge in [-0.1, -0.05) is 44.0 Å². The first-order valence-corrected chi connectivity index (χ1v) is 8.79. The van der Waals surface area contributed by atoms with Crippen LogP contribution in [-0.4, -0.2) is 6.61 Å². The van der Waals surface area contributed by atoms with Gasteiger partial charge in [0.15, 0.2) is 11.6 Å². The van der Waals surface area contributed by atoms with E-state index >= 15 is 0 Å². The average molecular weight is 348 g/mol. The third-order valence-corrected chi connectivity index (χ3v) is 5.17. The van der Waals surface area contributed by atoms with Gasteiger partial charge in [-0.25, -0.2) is 4.39 Å². The van der Waals surface area contributed by atoms with Crippen LogP contribution >= 0.6 is 0 Å². The molecule has 1 saturated carbocycles. The minimum absolute atomic E-state index is 0.362. The molecule has 0 atom stereocenters. The van der Waals surface area contributed by atoms with Crippen molar-refractivity contribution >= 4 is 0 Å². The molecular weight excluding hydrogens is 325 g/mol. The SMILES string of the molecule is Cc1cc(-c2ccc(C3CCC(C)CC3)cc2)cc(F)c1OC(F)F. The predicted octanol–water partition coefficient (Wildman–Crippen LogP) is 6.70. The van der Waals surface area contributed by atoms with Crippen molar-refractivity contribution in [3.8, 4) is 16.9 Å². The van der Waals surface area contributed by atoms with Gasteiger partial charge >= 0.3 is 6.61 Å². The third-order valence-electron chi connectivity index (χ3n) is 5.17. The Bertz CT molecular complexity index is 693. The minimum atomic E-state index is -3.03. The van der Waals surface area contributed by atoms with E-state index in [1.807, 2.05) is 12.1 Å². The van der Waals surface area contributed by atoms with E-state index in [9.17, 15) is 13.2 Å². The molecule has 1 fully saturated rings. The summed E-state index contributed by atoms with van der Waals surface area (Å²) in [6.07, 6.45) is 4.96. The molecule has 0 bridgehead atoms. The van der Waals surface area contributed by atoms with Crippen LogP contribution in [0, 0.1) is 18.7 Å². The van der Waals surface area contributed by atoms with Gasteiger partial charge < -0.3 is 4.74 Å². The van der Waals surface area contributed by atoms with Crippen molar-refractivity contribution in [1.82, 2.24) is 0 Å². The summed E-state index contributed by atoms with van der Waals surface area (Å²) >= 11 is 0. The van der Waals surface area contributed by atoms with E-state index in [4.69, 9.17) is 0 Å². The van der Waals surface area contributed by atoms with E-state index in [1.165, 1.54) is 37.3 Å². The highest BCUT2D eigenvalue weighted by atomic mass is 19.3. The Labute approximate surface area is 146 Å². The molecule has 0 aliphatic heterocycles. The molecule has 3 rings (SSSR count). The van der Waals surface area contributed by atoms with Crippen molar-refractivity contribution in [3.05, 3.63) is 53.3 Å². The Hall–Kier alpha value is -1.97. The van der Waals surface area contributed by atoms with Crippen molar-refractivity contribution in [2.24, 2.45) is 5.92 Å². The van der Waals surface area contributed by atoms with Crippen LogP contribution in [0.1, 0.15) is 49.7 Å². The molecule has 1 aliphatic carbocycles. The molecule has 0 aromatic heterocycles. The molecule has 0 spiro atoms. The second kappa shape index (κ2) is 7.51. The summed E-state index contributed by atoms with van der Waals surface area (Å²) in [6, 6.07) is 11.1.